The Bertz CT molecular complexity index is 1050. The number of para-hydroxylation sites is 1. The molecule has 0 fully saturated rings. The van der Waals surface area contributed by atoms with Crippen molar-refractivity contribution in [3.8, 4) is 28.6 Å². The molecule has 0 amide bonds. The third kappa shape index (κ3) is 4.73. The molecule has 7 nitrogen and oxygen atoms in total. The first kappa shape index (κ1) is 21.0. The maximum atomic E-state index is 6.06. The normalized spacial score (nSPS) is 15.1. The van der Waals surface area contributed by atoms with Crippen LogP contribution in [-0.4, -0.2) is 50.3 Å². The molecule has 0 aliphatic carbocycles. The average molecular weight is 421 g/mol. The highest BCUT2D eigenvalue weighted by atomic mass is 16.6. The number of nitrogens with one attached hydrogen (secondary N) is 1. The Balaban J connectivity index is 1.63. The summed E-state index contributed by atoms with van der Waals surface area (Å²) < 4.78 is 17.5. The SMILES string of the molecule is COc1nc(-c2cccc3c2O[C@@H](CN)CO3)ccc1Nc1cccc(CN(C)C)c1. The highest BCUT2D eigenvalue weighted by molar-refractivity contribution is 5.75. The zero-order chi connectivity index (χ0) is 21.8. The summed E-state index contributed by atoms with van der Waals surface area (Å²) in [5.74, 6) is 1.86. The Labute approximate surface area is 182 Å². The van der Waals surface area contributed by atoms with E-state index < -0.39 is 0 Å². The van der Waals surface area contributed by atoms with Gasteiger partial charge >= 0.3 is 0 Å². The molecule has 31 heavy (non-hydrogen) atoms. The molecule has 0 radical (unpaired) electrons. The minimum Gasteiger partial charge on any atom is -0.486 e. The van der Waals surface area contributed by atoms with Crippen molar-refractivity contribution in [3.63, 3.8) is 0 Å². The number of nitrogens with zero attached hydrogens (tertiary/aromatic N) is 2. The summed E-state index contributed by atoms with van der Waals surface area (Å²) in [5.41, 5.74) is 10.3. The Hall–Kier alpha value is -3.29. The Morgan fingerprint density at radius 2 is 2.00 bits per heavy atom. The van der Waals surface area contributed by atoms with Crippen molar-refractivity contribution in [2.24, 2.45) is 5.73 Å². The molecular formula is C24H28N4O3. The molecule has 0 saturated carbocycles. The highest BCUT2D eigenvalue weighted by Gasteiger charge is 2.24. The average Bonchev–Trinajstić information content (AvgIpc) is 2.78. The minimum atomic E-state index is -0.175. The van der Waals surface area contributed by atoms with Crippen molar-refractivity contribution in [1.82, 2.24) is 9.88 Å². The van der Waals surface area contributed by atoms with E-state index in [0.29, 0.717) is 30.5 Å². The number of hydrogen-bond donors (Lipinski definition) is 2. The summed E-state index contributed by atoms with van der Waals surface area (Å²) in [6.07, 6.45) is -0.175. The first-order chi connectivity index (χ1) is 15.1. The highest BCUT2D eigenvalue weighted by Crippen LogP contribution is 2.41. The number of ether oxygens (including phenoxy) is 3. The summed E-state index contributed by atoms with van der Waals surface area (Å²) >= 11 is 0. The molecule has 4 rings (SSSR count). The van der Waals surface area contributed by atoms with Crippen LogP contribution in [0.2, 0.25) is 0 Å². The number of nitrogens with two attached hydrogens (primary N) is 1. The van der Waals surface area contributed by atoms with E-state index in [0.717, 1.165) is 29.2 Å². The van der Waals surface area contributed by atoms with E-state index in [9.17, 15) is 0 Å². The van der Waals surface area contributed by atoms with E-state index in [1.165, 1.54) is 5.56 Å². The molecule has 3 N–H and O–H groups in total. The minimum absolute atomic E-state index is 0.175. The molecule has 0 spiro atoms. The van der Waals surface area contributed by atoms with Gasteiger partial charge in [-0.3, -0.25) is 0 Å². The maximum Gasteiger partial charge on any atom is 0.238 e. The zero-order valence-electron chi connectivity index (χ0n) is 18.1. The van der Waals surface area contributed by atoms with Crippen LogP contribution < -0.4 is 25.3 Å². The standard InChI is InChI=1S/C24H28N4O3/c1-28(2)14-16-6-4-7-17(12-16)26-21-11-10-20(27-24(21)29-3)19-8-5-9-22-23(19)31-18(13-25)15-30-22/h4-12,18,26H,13-15,25H2,1-3H3/t18-/m0/s1. The Morgan fingerprint density at radius 1 is 1.16 bits per heavy atom. The van der Waals surface area contributed by atoms with E-state index in [2.05, 4.69) is 36.4 Å². The van der Waals surface area contributed by atoms with Gasteiger partial charge in [-0.2, -0.15) is 0 Å². The van der Waals surface area contributed by atoms with Gasteiger partial charge in [0.1, 0.15) is 18.4 Å². The summed E-state index contributed by atoms with van der Waals surface area (Å²) in [6.45, 7) is 1.70. The lowest BCUT2D eigenvalue weighted by atomic mass is 10.1. The molecule has 0 unspecified atom stereocenters. The van der Waals surface area contributed by atoms with Crippen LogP contribution in [0.4, 0.5) is 11.4 Å². The van der Waals surface area contributed by atoms with Crippen molar-refractivity contribution in [1.29, 1.82) is 0 Å². The smallest absolute Gasteiger partial charge is 0.238 e. The molecule has 2 aromatic carbocycles. The van der Waals surface area contributed by atoms with Crippen LogP contribution in [0.15, 0.2) is 54.6 Å². The lowest BCUT2D eigenvalue weighted by Crippen LogP contribution is -2.35. The molecule has 3 aromatic rings. The van der Waals surface area contributed by atoms with Crippen LogP contribution in [0.5, 0.6) is 17.4 Å². The first-order valence-corrected chi connectivity index (χ1v) is 10.3. The molecule has 0 bridgehead atoms. The predicted molar refractivity (Wildman–Crippen MR) is 122 cm³/mol. The van der Waals surface area contributed by atoms with Gasteiger partial charge in [-0.25, -0.2) is 4.98 Å². The topological polar surface area (TPSA) is 81.9 Å². The van der Waals surface area contributed by atoms with Crippen molar-refractivity contribution in [2.45, 2.75) is 12.6 Å². The quantitative estimate of drug-likeness (QED) is 0.604. The van der Waals surface area contributed by atoms with Gasteiger partial charge in [-0.1, -0.05) is 18.2 Å². The molecule has 1 aliphatic heterocycles. The second-order valence-corrected chi connectivity index (χ2v) is 7.74. The number of pyridine rings is 1. The van der Waals surface area contributed by atoms with Crippen LogP contribution in [0.1, 0.15) is 5.56 Å². The third-order valence-corrected chi connectivity index (χ3v) is 4.99. The molecular weight excluding hydrogens is 392 g/mol. The zero-order valence-corrected chi connectivity index (χ0v) is 18.1. The Morgan fingerprint density at radius 3 is 2.77 bits per heavy atom. The first-order valence-electron chi connectivity index (χ1n) is 10.3. The fraction of sp³-hybridized carbons (Fsp3) is 0.292. The predicted octanol–water partition coefficient (Wildman–Crippen LogP) is 3.66. The van der Waals surface area contributed by atoms with Crippen LogP contribution in [0.25, 0.3) is 11.3 Å². The van der Waals surface area contributed by atoms with Gasteiger partial charge in [0, 0.05) is 24.3 Å². The monoisotopic (exact) mass is 420 g/mol. The fourth-order valence-electron chi connectivity index (χ4n) is 3.56. The number of fused-ring (bicyclic) bond motifs is 1. The molecule has 162 valence electrons. The second kappa shape index (κ2) is 9.24. The fourth-order valence-corrected chi connectivity index (χ4v) is 3.56. The molecule has 1 atom stereocenters. The van der Waals surface area contributed by atoms with Gasteiger partial charge in [0.15, 0.2) is 11.5 Å². The molecule has 1 aliphatic rings. The number of anilines is 2. The van der Waals surface area contributed by atoms with Crippen molar-refractivity contribution >= 4 is 11.4 Å². The summed E-state index contributed by atoms with van der Waals surface area (Å²) in [5, 5.41) is 3.42. The van der Waals surface area contributed by atoms with Crippen LogP contribution in [0.3, 0.4) is 0 Å². The van der Waals surface area contributed by atoms with E-state index in [1.807, 2.05) is 42.5 Å². The van der Waals surface area contributed by atoms with Gasteiger partial charge in [-0.15, -0.1) is 0 Å². The summed E-state index contributed by atoms with van der Waals surface area (Å²) in [4.78, 5) is 6.86. The van der Waals surface area contributed by atoms with Gasteiger partial charge in [0.2, 0.25) is 5.88 Å². The van der Waals surface area contributed by atoms with Crippen molar-refractivity contribution in [2.75, 3.05) is 39.7 Å². The van der Waals surface area contributed by atoms with E-state index in [-0.39, 0.29) is 6.10 Å². The van der Waals surface area contributed by atoms with E-state index in [1.54, 1.807) is 7.11 Å². The van der Waals surface area contributed by atoms with Crippen LogP contribution in [-0.2, 0) is 6.54 Å². The lowest BCUT2D eigenvalue weighted by Gasteiger charge is -2.27. The van der Waals surface area contributed by atoms with Crippen LogP contribution >= 0.6 is 0 Å². The largest absolute Gasteiger partial charge is 0.486 e. The number of hydrogen-bond acceptors (Lipinski definition) is 7. The number of methoxy groups -OCH3 is 1. The number of benzene rings is 2. The van der Waals surface area contributed by atoms with Gasteiger partial charge < -0.3 is 30.2 Å². The summed E-state index contributed by atoms with van der Waals surface area (Å²) in [7, 11) is 5.72. The van der Waals surface area contributed by atoms with E-state index >= 15 is 0 Å². The summed E-state index contributed by atoms with van der Waals surface area (Å²) in [6, 6.07) is 18.0. The molecule has 1 aromatic heterocycles. The number of aromatic nitrogens is 1. The molecule has 0 saturated heterocycles. The van der Waals surface area contributed by atoms with Gasteiger partial charge in [0.25, 0.3) is 0 Å². The van der Waals surface area contributed by atoms with E-state index in [4.69, 9.17) is 24.9 Å². The molecule has 7 heteroatoms. The number of rotatable bonds is 7. The molecule has 2 heterocycles. The second-order valence-electron chi connectivity index (χ2n) is 7.74. The van der Waals surface area contributed by atoms with Crippen molar-refractivity contribution < 1.29 is 14.2 Å². The Kier molecular flexibility index (Phi) is 6.25. The van der Waals surface area contributed by atoms with Crippen LogP contribution in [0, 0.1) is 0 Å². The maximum absolute atomic E-state index is 6.06. The van der Waals surface area contributed by atoms with Gasteiger partial charge in [-0.05, 0) is 56.1 Å². The van der Waals surface area contributed by atoms with Crippen molar-refractivity contribution in [3.05, 3.63) is 60.2 Å². The van der Waals surface area contributed by atoms with Gasteiger partial charge in [0.05, 0.1) is 12.8 Å². The third-order valence-electron chi connectivity index (χ3n) is 4.99. The lowest BCUT2D eigenvalue weighted by molar-refractivity contribution is 0.0976.